The van der Waals surface area contributed by atoms with Crippen LogP contribution in [0.3, 0.4) is 0 Å². The maximum Gasteiger partial charge on any atom is 0.305 e. The van der Waals surface area contributed by atoms with Crippen molar-refractivity contribution in [2.45, 2.75) is 0 Å². The van der Waals surface area contributed by atoms with Crippen LogP contribution in [0.1, 0.15) is 10.4 Å². The lowest BCUT2D eigenvalue weighted by Crippen LogP contribution is -2.03. The van der Waals surface area contributed by atoms with Gasteiger partial charge in [0.15, 0.2) is 5.78 Å². The molecule has 80 valence electrons. The molecule has 0 atom stereocenters. The van der Waals surface area contributed by atoms with E-state index in [0.717, 1.165) is 0 Å². The number of alkyl halides is 1. The van der Waals surface area contributed by atoms with Gasteiger partial charge in [0.2, 0.25) is 5.82 Å². The first-order valence-electron chi connectivity index (χ1n) is 3.73. The molecule has 0 radical (unpaired) electrons. The van der Waals surface area contributed by atoms with Gasteiger partial charge in [-0.3, -0.25) is 14.9 Å². The van der Waals surface area contributed by atoms with Crippen molar-refractivity contribution in [3.05, 3.63) is 33.6 Å². The quantitative estimate of drug-likeness (QED) is 0.397. The van der Waals surface area contributed by atoms with E-state index in [1.165, 1.54) is 0 Å². The van der Waals surface area contributed by atoms with Crippen molar-refractivity contribution >= 4 is 27.4 Å². The Hall–Kier alpha value is -1.50. The zero-order valence-electron chi connectivity index (χ0n) is 7.24. The summed E-state index contributed by atoms with van der Waals surface area (Å²) in [4.78, 5) is 20.6. The Morgan fingerprint density at radius 1 is 1.60 bits per heavy atom. The standard InChI is InChI=1S/C8H5BrFNO4/c9-3-8(13)4-1-6(11(14)15)5(10)2-7(4)12/h1-2,12H,3H2. The number of halogens is 2. The Bertz CT molecular complexity index is 435. The summed E-state index contributed by atoms with van der Waals surface area (Å²) < 4.78 is 12.9. The first-order chi connectivity index (χ1) is 6.97. The van der Waals surface area contributed by atoms with Gasteiger partial charge < -0.3 is 5.11 Å². The number of rotatable bonds is 3. The molecule has 1 N–H and O–H groups in total. The summed E-state index contributed by atoms with van der Waals surface area (Å²) >= 11 is 2.84. The number of aromatic hydroxyl groups is 1. The number of Topliss-reactive ketones (excluding diaryl/α,β-unsaturated/α-hetero) is 1. The van der Waals surface area contributed by atoms with E-state index in [1.807, 2.05) is 0 Å². The van der Waals surface area contributed by atoms with Crippen molar-refractivity contribution in [2.75, 3.05) is 5.33 Å². The maximum absolute atomic E-state index is 12.9. The summed E-state index contributed by atoms with van der Waals surface area (Å²) in [5.41, 5.74) is -1.11. The van der Waals surface area contributed by atoms with Gasteiger partial charge >= 0.3 is 5.69 Å². The van der Waals surface area contributed by atoms with E-state index < -0.39 is 28.0 Å². The molecule has 0 saturated heterocycles. The lowest BCUT2D eigenvalue weighted by Gasteiger charge is -2.01. The number of phenols is 1. The maximum atomic E-state index is 12.9. The summed E-state index contributed by atoms with van der Waals surface area (Å²) in [5.74, 6) is -2.35. The number of ketones is 1. The number of benzene rings is 1. The molecule has 15 heavy (non-hydrogen) atoms. The molecule has 0 aliphatic rings. The first kappa shape index (κ1) is 11.6. The molecule has 0 spiro atoms. The summed E-state index contributed by atoms with van der Waals surface area (Å²) in [6.45, 7) is 0. The van der Waals surface area contributed by atoms with Crippen LogP contribution < -0.4 is 0 Å². The Balaban J connectivity index is 3.36. The summed E-state index contributed by atoms with van der Waals surface area (Å²) in [6, 6.07) is 1.27. The van der Waals surface area contributed by atoms with Crippen LogP contribution in [0.25, 0.3) is 0 Å². The highest BCUT2D eigenvalue weighted by molar-refractivity contribution is 9.09. The first-order valence-corrected chi connectivity index (χ1v) is 4.85. The zero-order chi connectivity index (χ0) is 11.6. The highest BCUT2D eigenvalue weighted by atomic mass is 79.9. The van der Waals surface area contributed by atoms with Crippen LogP contribution in [0.4, 0.5) is 10.1 Å². The molecule has 0 aliphatic carbocycles. The van der Waals surface area contributed by atoms with E-state index in [9.17, 15) is 24.4 Å². The van der Waals surface area contributed by atoms with Gasteiger partial charge in [-0.2, -0.15) is 4.39 Å². The molecule has 0 fully saturated rings. The number of nitro groups is 1. The Morgan fingerprint density at radius 3 is 2.67 bits per heavy atom. The van der Waals surface area contributed by atoms with Gasteiger partial charge in [0.25, 0.3) is 0 Å². The number of carbonyl (C=O) groups is 1. The van der Waals surface area contributed by atoms with E-state index in [4.69, 9.17) is 0 Å². The minimum Gasteiger partial charge on any atom is -0.507 e. The van der Waals surface area contributed by atoms with E-state index in [1.54, 1.807) is 0 Å². The topological polar surface area (TPSA) is 80.4 Å². The van der Waals surface area contributed by atoms with Gasteiger partial charge in [-0.05, 0) is 0 Å². The van der Waals surface area contributed by atoms with Gasteiger partial charge in [-0.1, -0.05) is 15.9 Å². The van der Waals surface area contributed by atoms with Gasteiger partial charge in [-0.15, -0.1) is 0 Å². The zero-order valence-corrected chi connectivity index (χ0v) is 8.82. The Morgan fingerprint density at radius 2 is 2.20 bits per heavy atom. The molecule has 5 nitrogen and oxygen atoms in total. The molecule has 1 aromatic carbocycles. The average Bonchev–Trinajstić information content (AvgIpc) is 2.16. The van der Waals surface area contributed by atoms with Crippen molar-refractivity contribution in [3.8, 4) is 5.75 Å². The third-order valence-corrected chi connectivity index (χ3v) is 2.19. The SMILES string of the molecule is O=C(CBr)c1cc([N+](=O)[O-])c(F)cc1O. The second-order valence-electron chi connectivity index (χ2n) is 2.63. The summed E-state index contributed by atoms with van der Waals surface area (Å²) in [5, 5.41) is 19.4. The summed E-state index contributed by atoms with van der Waals surface area (Å²) in [7, 11) is 0. The van der Waals surface area contributed by atoms with Crippen LogP contribution in [-0.2, 0) is 0 Å². The second kappa shape index (κ2) is 4.35. The molecule has 0 heterocycles. The third kappa shape index (κ3) is 2.30. The van der Waals surface area contributed by atoms with Gasteiger partial charge in [0.05, 0.1) is 15.8 Å². The van der Waals surface area contributed by atoms with E-state index in [-0.39, 0.29) is 10.9 Å². The lowest BCUT2D eigenvalue weighted by molar-refractivity contribution is -0.387. The van der Waals surface area contributed by atoms with Crippen molar-refractivity contribution in [3.63, 3.8) is 0 Å². The summed E-state index contributed by atoms with van der Waals surface area (Å²) in [6.07, 6.45) is 0. The fourth-order valence-electron chi connectivity index (χ4n) is 0.987. The number of hydrogen-bond acceptors (Lipinski definition) is 4. The molecule has 0 aromatic heterocycles. The minimum atomic E-state index is -1.18. The molecule has 0 unspecified atom stereocenters. The third-order valence-electron chi connectivity index (χ3n) is 1.68. The van der Waals surface area contributed by atoms with Crippen LogP contribution in [-0.4, -0.2) is 21.1 Å². The molecule has 1 rings (SSSR count). The molecule has 0 amide bonds. The normalized spacial score (nSPS) is 10.0. The monoisotopic (exact) mass is 277 g/mol. The Labute approximate surface area is 91.8 Å². The smallest absolute Gasteiger partial charge is 0.305 e. The number of hydrogen-bond donors (Lipinski definition) is 1. The molecule has 0 aliphatic heterocycles. The van der Waals surface area contributed by atoms with Crippen molar-refractivity contribution in [1.82, 2.24) is 0 Å². The molecule has 7 heteroatoms. The molecule has 1 aromatic rings. The minimum absolute atomic E-state index is 0.108. The predicted octanol–water partition coefficient (Wildman–Crippen LogP) is 2.02. The van der Waals surface area contributed by atoms with E-state index in [2.05, 4.69) is 15.9 Å². The van der Waals surface area contributed by atoms with Crippen LogP contribution in [0.15, 0.2) is 12.1 Å². The molecule has 0 saturated carbocycles. The van der Waals surface area contributed by atoms with Gasteiger partial charge in [0, 0.05) is 12.1 Å². The largest absolute Gasteiger partial charge is 0.507 e. The van der Waals surface area contributed by atoms with Crippen molar-refractivity contribution < 1.29 is 19.2 Å². The number of nitro benzene ring substituents is 1. The average molecular weight is 278 g/mol. The van der Waals surface area contributed by atoms with Crippen molar-refractivity contribution in [1.29, 1.82) is 0 Å². The van der Waals surface area contributed by atoms with Gasteiger partial charge in [0.1, 0.15) is 5.75 Å². The highest BCUT2D eigenvalue weighted by Gasteiger charge is 2.21. The second-order valence-corrected chi connectivity index (χ2v) is 3.20. The van der Waals surface area contributed by atoms with E-state index in [0.29, 0.717) is 12.1 Å². The van der Waals surface area contributed by atoms with Crippen LogP contribution in [0, 0.1) is 15.9 Å². The number of phenolic OH excluding ortho intramolecular Hbond substituents is 1. The van der Waals surface area contributed by atoms with Crippen LogP contribution >= 0.6 is 15.9 Å². The molecule has 0 bridgehead atoms. The predicted molar refractivity (Wildman–Crippen MR) is 52.8 cm³/mol. The highest BCUT2D eigenvalue weighted by Crippen LogP contribution is 2.27. The van der Waals surface area contributed by atoms with Gasteiger partial charge in [-0.25, -0.2) is 0 Å². The lowest BCUT2D eigenvalue weighted by atomic mass is 10.1. The molecular weight excluding hydrogens is 273 g/mol. The fourth-order valence-corrected chi connectivity index (χ4v) is 1.29. The molecular formula is C8H5BrFNO4. The van der Waals surface area contributed by atoms with Crippen LogP contribution in [0.2, 0.25) is 0 Å². The van der Waals surface area contributed by atoms with Crippen molar-refractivity contribution in [2.24, 2.45) is 0 Å². The number of carbonyl (C=O) groups excluding carboxylic acids is 1. The fraction of sp³-hybridized carbons (Fsp3) is 0.125. The number of nitrogens with zero attached hydrogens (tertiary/aromatic N) is 1. The van der Waals surface area contributed by atoms with Crippen LogP contribution in [0.5, 0.6) is 5.75 Å². The Kier molecular flexibility index (Phi) is 3.35. The van der Waals surface area contributed by atoms with E-state index >= 15 is 0 Å².